The molecule has 0 amide bonds. The van der Waals surface area contributed by atoms with Crippen LogP contribution in [0.1, 0.15) is 23.7 Å². The molecule has 0 aliphatic carbocycles. The van der Waals surface area contributed by atoms with E-state index in [4.69, 9.17) is 4.74 Å². The summed E-state index contributed by atoms with van der Waals surface area (Å²) < 4.78 is 28.6. The average molecular weight is 363 g/mol. The van der Waals surface area contributed by atoms with Crippen molar-refractivity contribution in [3.8, 4) is 5.75 Å². The number of H-pyrrole nitrogens is 1. The number of hydrogen-bond donors (Lipinski definition) is 1. The maximum atomic E-state index is 12.2. The molecule has 1 N–H and O–H groups in total. The molecule has 7 nitrogen and oxygen atoms in total. The Bertz CT molecular complexity index is 920. The zero-order chi connectivity index (χ0) is 18.0. The second-order valence-corrected chi connectivity index (χ2v) is 8.04. The maximum absolute atomic E-state index is 12.2. The Labute approximate surface area is 146 Å². The molecule has 0 fully saturated rings. The fourth-order valence-electron chi connectivity index (χ4n) is 2.88. The van der Waals surface area contributed by atoms with E-state index in [0.717, 1.165) is 24.1 Å². The number of nitrogens with zero attached hydrogens (tertiary/aromatic N) is 2. The van der Waals surface area contributed by atoms with Crippen molar-refractivity contribution in [1.82, 2.24) is 14.9 Å². The van der Waals surface area contributed by atoms with Gasteiger partial charge in [-0.1, -0.05) is 12.1 Å². The summed E-state index contributed by atoms with van der Waals surface area (Å²) in [6.07, 6.45) is 1.59. The zero-order valence-electron chi connectivity index (χ0n) is 14.3. The summed E-state index contributed by atoms with van der Waals surface area (Å²) in [6, 6.07) is 7.89. The number of aromatic nitrogens is 2. The van der Waals surface area contributed by atoms with Crippen LogP contribution in [0.3, 0.4) is 0 Å². The van der Waals surface area contributed by atoms with Gasteiger partial charge in [-0.15, -0.1) is 0 Å². The van der Waals surface area contributed by atoms with Crippen LogP contribution >= 0.6 is 0 Å². The summed E-state index contributed by atoms with van der Waals surface area (Å²) >= 11 is 0. The van der Waals surface area contributed by atoms with Crippen LogP contribution < -0.4 is 10.3 Å². The first-order valence-corrected chi connectivity index (χ1v) is 10.0. The summed E-state index contributed by atoms with van der Waals surface area (Å²) in [5.41, 5.74) is 1.88. The molecule has 1 aromatic carbocycles. The molecule has 1 aromatic heterocycles. The van der Waals surface area contributed by atoms with E-state index in [-0.39, 0.29) is 10.7 Å². The number of nitrogens with one attached hydrogen (secondary N) is 1. The molecule has 2 heterocycles. The van der Waals surface area contributed by atoms with Crippen LogP contribution in [-0.4, -0.2) is 42.7 Å². The van der Waals surface area contributed by atoms with Crippen molar-refractivity contribution in [2.75, 3.05) is 19.4 Å². The summed E-state index contributed by atoms with van der Waals surface area (Å²) in [6.45, 7) is 4.46. The third-order valence-electron chi connectivity index (χ3n) is 4.12. The van der Waals surface area contributed by atoms with Crippen LogP contribution in [0, 0.1) is 0 Å². The number of ether oxygens (including phenoxy) is 1. The first-order valence-electron chi connectivity index (χ1n) is 8.13. The van der Waals surface area contributed by atoms with Gasteiger partial charge in [-0.2, -0.15) is 0 Å². The molecule has 0 saturated heterocycles. The molecule has 134 valence electrons. The third kappa shape index (κ3) is 4.08. The van der Waals surface area contributed by atoms with Crippen LogP contribution in [0.4, 0.5) is 0 Å². The Balaban J connectivity index is 1.76. The van der Waals surface area contributed by atoms with Crippen LogP contribution in [0.2, 0.25) is 0 Å². The number of fused-ring (bicyclic) bond motifs is 1. The van der Waals surface area contributed by atoms with E-state index in [1.54, 1.807) is 0 Å². The fraction of sp³-hybridized carbons (Fsp3) is 0.412. The lowest BCUT2D eigenvalue weighted by Crippen LogP contribution is -2.36. The summed E-state index contributed by atoms with van der Waals surface area (Å²) in [7, 11) is -3.52. The highest BCUT2D eigenvalue weighted by Gasteiger charge is 2.23. The van der Waals surface area contributed by atoms with E-state index < -0.39 is 9.84 Å². The first kappa shape index (κ1) is 17.6. The van der Waals surface area contributed by atoms with Gasteiger partial charge in [-0.05, 0) is 24.6 Å². The van der Waals surface area contributed by atoms with Crippen molar-refractivity contribution in [1.29, 1.82) is 0 Å². The van der Waals surface area contributed by atoms with Gasteiger partial charge >= 0.3 is 0 Å². The van der Waals surface area contributed by atoms with E-state index >= 15 is 0 Å². The number of benzene rings is 1. The van der Waals surface area contributed by atoms with Crippen LogP contribution in [-0.2, 0) is 29.3 Å². The minimum Gasteiger partial charge on any atom is -0.494 e. The van der Waals surface area contributed by atoms with Gasteiger partial charge in [-0.25, -0.2) is 13.4 Å². The fourth-order valence-corrected chi connectivity index (χ4v) is 3.44. The molecule has 8 heteroatoms. The SMILES string of the molecule is CCOc1ccc(CN2CCc3nc(S(C)(=O)=O)[nH]c(=O)c3C2)cc1. The molecule has 3 rings (SSSR count). The molecule has 2 aromatic rings. The van der Waals surface area contributed by atoms with Crippen molar-refractivity contribution in [2.24, 2.45) is 0 Å². The average Bonchev–Trinajstić information content (AvgIpc) is 2.56. The van der Waals surface area contributed by atoms with Crippen molar-refractivity contribution in [2.45, 2.75) is 31.6 Å². The largest absolute Gasteiger partial charge is 0.494 e. The van der Waals surface area contributed by atoms with Gasteiger partial charge in [0.25, 0.3) is 5.56 Å². The molecule has 0 spiro atoms. The van der Waals surface area contributed by atoms with Crippen LogP contribution in [0.5, 0.6) is 5.75 Å². The molecule has 0 unspecified atom stereocenters. The third-order valence-corrected chi connectivity index (χ3v) is 5.01. The Morgan fingerprint density at radius 1 is 1.28 bits per heavy atom. The van der Waals surface area contributed by atoms with E-state index in [2.05, 4.69) is 14.9 Å². The van der Waals surface area contributed by atoms with Crippen LogP contribution in [0.15, 0.2) is 34.2 Å². The topological polar surface area (TPSA) is 92.4 Å². The Kier molecular flexibility index (Phi) is 4.91. The molecule has 0 bridgehead atoms. The first-order chi connectivity index (χ1) is 11.9. The summed E-state index contributed by atoms with van der Waals surface area (Å²) in [4.78, 5) is 20.9. The van der Waals surface area contributed by atoms with Crippen molar-refractivity contribution in [3.05, 3.63) is 51.4 Å². The number of rotatable bonds is 5. The van der Waals surface area contributed by atoms with Crippen molar-refractivity contribution in [3.63, 3.8) is 0 Å². The number of hydrogen-bond acceptors (Lipinski definition) is 6. The lowest BCUT2D eigenvalue weighted by molar-refractivity contribution is 0.240. The number of sulfone groups is 1. The maximum Gasteiger partial charge on any atom is 0.256 e. The van der Waals surface area contributed by atoms with Gasteiger partial charge in [0.2, 0.25) is 15.0 Å². The van der Waals surface area contributed by atoms with E-state index in [9.17, 15) is 13.2 Å². The van der Waals surface area contributed by atoms with Crippen molar-refractivity contribution < 1.29 is 13.2 Å². The van der Waals surface area contributed by atoms with Crippen LogP contribution in [0.25, 0.3) is 0 Å². The standard InChI is InChI=1S/C17H21N3O4S/c1-3-24-13-6-4-12(5-7-13)10-20-9-8-15-14(11-20)16(21)19-17(18-15)25(2,22)23/h4-7H,3,8-11H2,1-2H3,(H,18,19,21). The van der Waals surface area contributed by atoms with E-state index in [1.165, 1.54) is 0 Å². The van der Waals surface area contributed by atoms with Gasteiger partial charge < -0.3 is 4.74 Å². The Morgan fingerprint density at radius 3 is 2.64 bits per heavy atom. The molecule has 0 atom stereocenters. The van der Waals surface area contributed by atoms with Gasteiger partial charge in [-0.3, -0.25) is 14.7 Å². The number of aromatic amines is 1. The van der Waals surface area contributed by atoms with Crippen molar-refractivity contribution >= 4 is 9.84 Å². The highest BCUT2D eigenvalue weighted by Crippen LogP contribution is 2.19. The monoisotopic (exact) mass is 363 g/mol. The summed E-state index contributed by atoms with van der Waals surface area (Å²) in [5.74, 6) is 0.837. The normalized spacial score (nSPS) is 15.0. The zero-order valence-corrected chi connectivity index (χ0v) is 15.1. The summed E-state index contributed by atoms with van der Waals surface area (Å²) in [5, 5.41) is -0.254. The molecular formula is C17H21N3O4S. The second kappa shape index (κ2) is 6.97. The van der Waals surface area contributed by atoms with E-state index in [1.807, 2.05) is 31.2 Å². The Hall–Kier alpha value is -2.19. The van der Waals surface area contributed by atoms with Gasteiger partial charge in [0, 0.05) is 32.3 Å². The minimum absolute atomic E-state index is 0.254. The predicted molar refractivity (Wildman–Crippen MR) is 93.4 cm³/mol. The molecule has 1 aliphatic heterocycles. The molecule has 0 saturated carbocycles. The molecular weight excluding hydrogens is 342 g/mol. The lowest BCUT2D eigenvalue weighted by atomic mass is 10.1. The minimum atomic E-state index is -3.52. The quantitative estimate of drug-likeness (QED) is 0.801. The second-order valence-electron chi connectivity index (χ2n) is 6.11. The van der Waals surface area contributed by atoms with E-state index in [0.29, 0.717) is 37.4 Å². The van der Waals surface area contributed by atoms with Gasteiger partial charge in [0.05, 0.1) is 17.9 Å². The molecule has 25 heavy (non-hydrogen) atoms. The highest BCUT2D eigenvalue weighted by molar-refractivity contribution is 7.90. The smallest absolute Gasteiger partial charge is 0.256 e. The molecule has 1 aliphatic rings. The molecule has 0 radical (unpaired) electrons. The van der Waals surface area contributed by atoms with Gasteiger partial charge in [0.1, 0.15) is 5.75 Å². The highest BCUT2D eigenvalue weighted by atomic mass is 32.2. The lowest BCUT2D eigenvalue weighted by Gasteiger charge is -2.27. The Morgan fingerprint density at radius 2 is 2.00 bits per heavy atom. The van der Waals surface area contributed by atoms with Gasteiger partial charge in [0.15, 0.2) is 0 Å². The predicted octanol–water partition coefficient (Wildman–Crippen LogP) is 1.13.